The predicted molar refractivity (Wildman–Crippen MR) is 132 cm³/mol. The van der Waals surface area contributed by atoms with E-state index in [0.717, 1.165) is 39.1 Å². The van der Waals surface area contributed by atoms with Gasteiger partial charge in [0.05, 0.1) is 11.7 Å². The number of rotatable bonds is 5. The maximum atomic E-state index is 13.4. The Bertz CT molecular complexity index is 827. The molecule has 2 amide bonds. The molecule has 2 heterocycles. The Morgan fingerprint density at radius 3 is 2.62 bits per heavy atom. The van der Waals surface area contributed by atoms with Crippen LogP contribution in [0.25, 0.3) is 0 Å². The van der Waals surface area contributed by atoms with Gasteiger partial charge in [-0.05, 0) is 49.8 Å². The number of fused-ring (bicyclic) bond motifs is 1. The second-order valence-electron chi connectivity index (χ2n) is 9.72. The van der Waals surface area contributed by atoms with Crippen LogP contribution in [-0.4, -0.2) is 87.4 Å². The number of anilines is 1. The lowest BCUT2D eigenvalue weighted by Gasteiger charge is -2.38. The smallest absolute Gasteiger partial charge is 0.257 e. The van der Waals surface area contributed by atoms with E-state index in [1.54, 1.807) is 44.2 Å². The second-order valence-corrected chi connectivity index (χ2v) is 9.72. The van der Waals surface area contributed by atoms with E-state index >= 15 is 0 Å². The number of carbonyl (C=O) groups is 2. The Morgan fingerprint density at radius 1 is 1.21 bits per heavy atom. The molecule has 0 spiro atoms. The van der Waals surface area contributed by atoms with E-state index in [0.29, 0.717) is 42.5 Å². The highest BCUT2D eigenvalue weighted by Gasteiger charge is 2.30. The van der Waals surface area contributed by atoms with Crippen molar-refractivity contribution < 1.29 is 23.8 Å². The minimum Gasteiger partial charge on any atom is -0.491 e. The van der Waals surface area contributed by atoms with Crippen LogP contribution in [0.4, 0.5) is 5.69 Å². The summed E-state index contributed by atoms with van der Waals surface area (Å²) in [6.45, 7) is 10.6. The Kier molecular flexibility index (Phi) is 9.74. The topological polar surface area (TPSA) is 80.3 Å². The molecule has 0 radical (unpaired) electrons. The summed E-state index contributed by atoms with van der Waals surface area (Å²) >= 11 is 0. The van der Waals surface area contributed by atoms with Gasteiger partial charge in [0.1, 0.15) is 12.4 Å². The molecular weight excluding hydrogens is 434 g/mol. The third kappa shape index (κ3) is 6.93. The lowest BCUT2D eigenvalue weighted by molar-refractivity contribution is -0.115. The normalized spacial score (nSPS) is 25.6. The Hall–Kier alpha value is -2.16. The standard InChI is InChI=1S/C26H41N3O5/c1-6-25(30)27-21-7-8-23-22(13-21)26(31)28(4)16-24(32-5)18(2)14-29(19(3)17-34-23)15-20-9-11-33-12-10-20/h7-8,13,18-20,24H,6,9-12,14-17H2,1-5H3,(H,27,30)/t18-,19+,24+/m1/s1. The van der Waals surface area contributed by atoms with Gasteiger partial charge < -0.3 is 24.4 Å². The van der Waals surface area contributed by atoms with Crippen molar-refractivity contribution in [1.29, 1.82) is 0 Å². The molecule has 2 aliphatic rings. The number of methoxy groups -OCH3 is 1. The zero-order valence-electron chi connectivity index (χ0n) is 21.3. The van der Waals surface area contributed by atoms with Crippen molar-refractivity contribution in [2.24, 2.45) is 11.8 Å². The summed E-state index contributed by atoms with van der Waals surface area (Å²) in [6, 6.07) is 5.45. The third-order valence-corrected chi connectivity index (χ3v) is 7.01. The molecule has 0 unspecified atom stereocenters. The summed E-state index contributed by atoms with van der Waals surface area (Å²) in [5.74, 6) is 1.13. The molecule has 3 atom stereocenters. The fourth-order valence-electron chi connectivity index (χ4n) is 4.69. The van der Waals surface area contributed by atoms with Crippen LogP contribution in [0.1, 0.15) is 50.4 Å². The molecule has 1 N–H and O–H groups in total. The van der Waals surface area contributed by atoms with E-state index in [4.69, 9.17) is 14.2 Å². The Morgan fingerprint density at radius 2 is 1.94 bits per heavy atom. The molecule has 0 aliphatic carbocycles. The van der Waals surface area contributed by atoms with E-state index in [2.05, 4.69) is 24.1 Å². The van der Waals surface area contributed by atoms with E-state index in [9.17, 15) is 9.59 Å². The molecule has 2 aliphatic heterocycles. The summed E-state index contributed by atoms with van der Waals surface area (Å²) in [5, 5.41) is 2.84. The molecule has 1 saturated heterocycles. The number of nitrogens with one attached hydrogen (secondary N) is 1. The summed E-state index contributed by atoms with van der Waals surface area (Å²) in [4.78, 5) is 29.5. The molecule has 0 saturated carbocycles. The van der Waals surface area contributed by atoms with E-state index in [1.807, 2.05) is 0 Å². The molecule has 0 bridgehead atoms. The molecule has 34 heavy (non-hydrogen) atoms. The van der Waals surface area contributed by atoms with Gasteiger partial charge in [-0.3, -0.25) is 14.5 Å². The van der Waals surface area contributed by atoms with Gasteiger partial charge in [-0.2, -0.15) is 0 Å². The first kappa shape index (κ1) is 26.4. The van der Waals surface area contributed by atoms with Crippen LogP contribution in [0.5, 0.6) is 5.75 Å². The third-order valence-electron chi connectivity index (χ3n) is 7.01. The lowest BCUT2D eigenvalue weighted by Crippen LogP contribution is -2.48. The van der Waals surface area contributed by atoms with Crippen molar-refractivity contribution in [3.63, 3.8) is 0 Å². The second kappa shape index (κ2) is 12.5. The van der Waals surface area contributed by atoms with Crippen molar-refractivity contribution >= 4 is 17.5 Å². The van der Waals surface area contributed by atoms with Crippen LogP contribution in [-0.2, 0) is 14.3 Å². The predicted octanol–water partition coefficient (Wildman–Crippen LogP) is 3.27. The maximum absolute atomic E-state index is 13.4. The molecule has 190 valence electrons. The summed E-state index contributed by atoms with van der Waals surface area (Å²) < 4.78 is 17.6. The van der Waals surface area contributed by atoms with Crippen LogP contribution in [0, 0.1) is 11.8 Å². The average molecular weight is 476 g/mol. The van der Waals surface area contributed by atoms with Crippen LogP contribution < -0.4 is 10.1 Å². The molecule has 3 rings (SSSR count). The quantitative estimate of drug-likeness (QED) is 0.704. The highest BCUT2D eigenvalue weighted by molar-refractivity contribution is 5.99. The van der Waals surface area contributed by atoms with Crippen LogP contribution >= 0.6 is 0 Å². The Balaban J connectivity index is 1.88. The highest BCUT2D eigenvalue weighted by Crippen LogP contribution is 2.27. The summed E-state index contributed by atoms with van der Waals surface area (Å²) in [6.07, 6.45) is 2.44. The van der Waals surface area contributed by atoms with E-state index < -0.39 is 0 Å². The van der Waals surface area contributed by atoms with Gasteiger partial charge in [0, 0.05) is 65.2 Å². The number of hydrogen-bond donors (Lipinski definition) is 1. The van der Waals surface area contributed by atoms with Gasteiger partial charge in [0.25, 0.3) is 5.91 Å². The van der Waals surface area contributed by atoms with Crippen LogP contribution in [0.15, 0.2) is 18.2 Å². The number of carbonyl (C=O) groups excluding carboxylic acids is 2. The fourth-order valence-corrected chi connectivity index (χ4v) is 4.69. The summed E-state index contributed by atoms with van der Waals surface area (Å²) in [7, 11) is 3.50. The molecule has 0 aromatic heterocycles. The van der Waals surface area contributed by atoms with Crippen molar-refractivity contribution in [3.8, 4) is 5.75 Å². The number of likely N-dealkylation sites (N-methyl/N-ethyl adjacent to an activating group) is 1. The lowest BCUT2D eigenvalue weighted by atomic mass is 9.96. The zero-order valence-corrected chi connectivity index (χ0v) is 21.3. The fraction of sp³-hybridized carbons (Fsp3) is 0.692. The highest BCUT2D eigenvalue weighted by atomic mass is 16.5. The Labute approximate surface area is 203 Å². The van der Waals surface area contributed by atoms with Gasteiger partial charge in [0.15, 0.2) is 0 Å². The van der Waals surface area contributed by atoms with Crippen molar-refractivity contribution in [1.82, 2.24) is 9.80 Å². The van der Waals surface area contributed by atoms with Gasteiger partial charge in [-0.1, -0.05) is 13.8 Å². The monoisotopic (exact) mass is 475 g/mol. The van der Waals surface area contributed by atoms with E-state index in [1.165, 1.54) is 0 Å². The first-order valence-electron chi connectivity index (χ1n) is 12.5. The van der Waals surface area contributed by atoms with Crippen molar-refractivity contribution in [2.45, 2.75) is 52.2 Å². The van der Waals surface area contributed by atoms with Crippen molar-refractivity contribution in [2.75, 3.05) is 58.9 Å². The van der Waals surface area contributed by atoms with Crippen LogP contribution in [0.3, 0.4) is 0 Å². The molecule has 8 nitrogen and oxygen atoms in total. The SMILES string of the molecule is CCC(=O)Nc1ccc2c(c1)C(=O)N(C)C[C@H](OC)[C@H](C)CN(CC1CCOCC1)[C@@H](C)CO2. The molecule has 1 aromatic carbocycles. The molecule has 1 fully saturated rings. The number of hydrogen-bond acceptors (Lipinski definition) is 6. The van der Waals surface area contributed by atoms with E-state index in [-0.39, 0.29) is 29.9 Å². The average Bonchev–Trinajstić information content (AvgIpc) is 2.85. The number of benzene rings is 1. The number of nitrogens with zero attached hydrogens (tertiary/aromatic N) is 2. The molecule has 8 heteroatoms. The zero-order chi connectivity index (χ0) is 24.7. The van der Waals surface area contributed by atoms with Gasteiger partial charge in [-0.15, -0.1) is 0 Å². The van der Waals surface area contributed by atoms with Gasteiger partial charge in [0.2, 0.25) is 5.91 Å². The van der Waals surface area contributed by atoms with Crippen LogP contribution in [0.2, 0.25) is 0 Å². The summed E-state index contributed by atoms with van der Waals surface area (Å²) in [5.41, 5.74) is 1.04. The maximum Gasteiger partial charge on any atom is 0.257 e. The number of amides is 2. The number of ether oxygens (including phenoxy) is 3. The minimum absolute atomic E-state index is 0.0925. The first-order valence-corrected chi connectivity index (χ1v) is 12.5. The largest absolute Gasteiger partial charge is 0.491 e. The van der Waals surface area contributed by atoms with Gasteiger partial charge in [-0.25, -0.2) is 0 Å². The molecule has 1 aromatic rings. The van der Waals surface area contributed by atoms with Crippen molar-refractivity contribution in [3.05, 3.63) is 23.8 Å². The minimum atomic E-state index is -0.149. The molecular formula is C26H41N3O5. The first-order chi connectivity index (χ1) is 16.3. The van der Waals surface area contributed by atoms with Gasteiger partial charge >= 0.3 is 0 Å².